The SMILES string of the molecule is C=CC=O.COC(=O)CN1CCN(C)C2(CC2)C1=O.COc1ccc(C)cc1. The Morgan fingerprint density at radius 2 is 1.79 bits per heavy atom. The molecule has 154 valence electrons. The van der Waals surface area contributed by atoms with E-state index < -0.39 is 0 Å². The van der Waals surface area contributed by atoms with E-state index in [2.05, 4.69) is 23.1 Å². The molecule has 28 heavy (non-hydrogen) atoms. The topological polar surface area (TPSA) is 76.2 Å². The molecule has 1 aliphatic heterocycles. The Bertz CT molecular complexity index is 662. The van der Waals surface area contributed by atoms with E-state index in [9.17, 15) is 9.59 Å². The molecule has 1 aromatic rings. The molecule has 0 atom stereocenters. The molecule has 1 spiro atoms. The number of allylic oxidation sites excluding steroid dienone is 1. The Morgan fingerprint density at radius 3 is 2.21 bits per heavy atom. The summed E-state index contributed by atoms with van der Waals surface area (Å²) in [5.41, 5.74) is 0.975. The lowest BCUT2D eigenvalue weighted by atomic mass is 10.1. The summed E-state index contributed by atoms with van der Waals surface area (Å²) >= 11 is 0. The zero-order chi connectivity index (χ0) is 21.2. The second-order valence-electron chi connectivity index (χ2n) is 6.64. The first-order valence-electron chi connectivity index (χ1n) is 9.09. The highest BCUT2D eigenvalue weighted by Gasteiger charge is 2.56. The van der Waals surface area contributed by atoms with Crippen molar-refractivity contribution in [3.8, 4) is 5.75 Å². The van der Waals surface area contributed by atoms with Crippen LogP contribution in [0.25, 0.3) is 0 Å². The van der Waals surface area contributed by atoms with Gasteiger partial charge in [-0.25, -0.2) is 0 Å². The average Bonchev–Trinajstić information content (AvgIpc) is 3.52. The lowest BCUT2D eigenvalue weighted by Gasteiger charge is -2.38. The first kappa shape index (κ1) is 23.4. The number of nitrogens with zero attached hydrogens (tertiary/aromatic N) is 2. The summed E-state index contributed by atoms with van der Waals surface area (Å²) in [5, 5.41) is 0. The Morgan fingerprint density at radius 1 is 1.21 bits per heavy atom. The van der Waals surface area contributed by atoms with Crippen molar-refractivity contribution < 1.29 is 23.9 Å². The number of hydrogen-bond acceptors (Lipinski definition) is 6. The third-order valence-corrected chi connectivity index (χ3v) is 4.75. The standard InChI is InChI=1S/C10H16N2O3.C8H10O.C3H4O/c1-11-5-6-12(7-8(13)15-2)9(14)10(11)3-4-10;1-7-3-5-8(9-2)6-4-7;1-2-3-4/h3-7H2,1-2H3;3-6H,1-2H3;2-3H,1H2. The number of benzene rings is 1. The molecule has 2 aliphatic rings. The molecule has 0 N–H and O–H groups in total. The lowest BCUT2D eigenvalue weighted by molar-refractivity contribution is -0.152. The van der Waals surface area contributed by atoms with Crippen LogP contribution in [-0.4, -0.2) is 74.4 Å². The Balaban J connectivity index is 0.000000256. The van der Waals surface area contributed by atoms with E-state index in [4.69, 9.17) is 9.53 Å². The number of likely N-dealkylation sites (N-methyl/N-ethyl adjacent to an activating group) is 1. The highest BCUT2D eigenvalue weighted by Crippen LogP contribution is 2.44. The quantitative estimate of drug-likeness (QED) is 0.444. The van der Waals surface area contributed by atoms with Crippen molar-refractivity contribution in [1.29, 1.82) is 0 Å². The van der Waals surface area contributed by atoms with E-state index in [1.54, 1.807) is 12.0 Å². The maximum atomic E-state index is 12.0. The van der Waals surface area contributed by atoms with Crippen molar-refractivity contribution in [2.45, 2.75) is 25.3 Å². The molecule has 2 fully saturated rings. The van der Waals surface area contributed by atoms with Gasteiger partial charge in [-0.1, -0.05) is 24.3 Å². The van der Waals surface area contributed by atoms with Crippen LogP contribution in [0, 0.1) is 6.92 Å². The third kappa shape index (κ3) is 6.49. The summed E-state index contributed by atoms with van der Waals surface area (Å²) in [4.78, 5) is 35.9. The van der Waals surface area contributed by atoms with Crippen LogP contribution < -0.4 is 4.74 Å². The first-order valence-corrected chi connectivity index (χ1v) is 9.09. The van der Waals surface area contributed by atoms with Gasteiger partial charge in [-0.2, -0.15) is 0 Å². The van der Waals surface area contributed by atoms with Crippen molar-refractivity contribution in [2.75, 3.05) is 40.9 Å². The average molecular weight is 390 g/mol. The number of hydrogen-bond donors (Lipinski definition) is 0. The minimum atomic E-state index is -0.344. The minimum Gasteiger partial charge on any atom is -0.497 e. The van der Waals surface area contributed by atoms with Crippen LogP contribution in [0.2, 0.25) is 0 Å². The molecule has 7 nitrogen and oxygen atoms in total. The summed E-state index contributed by atoms with van der Waals surface area (Å²) in [5.74, 6) is 0.658. The fourth-order valence-corrected chi connectivity index (χ4v) is 2.80. The van der Waals surface area contributed by atoms with Gasteiger partial charge in [0, 0.05) is 13.1 Å². The zero-order valence-corrected chi connectivity index (χ0v) is 17.1. The number of piperazine rings is 1. The van der Waals surface area contributed by atoms with Crippen LogP contribution >= 0.6 is 0 Å². The number of carbonyl (C=O) groups is 3. The summed E-state index contributed by atoms with van der Waals surface area (Å²) in [6.07, 6.45) is 3.67. The third-order valence-electron chi connectivity index (χ3n) is 4.75. The van der Waals surface area contributed by atoms with Gasteiger partial charge in [-0.15, -0.1) is 0 Å². The largest absolute Gasteiger partial charge is 0.497 e. The van der Waals surface area contributed by atoms with Gasteiger partial charge >= 0.3 is 5.97 Å². The van der Waals surface area contributed by atoms with E-state index in [0.717, 1.165) is 25.1 Å². The van der Waals surface area contributed by atoms with Crippen LogP contribution in [0.5, 0.6) is 5.75 Å². The van der Waals surface area contributed by atoms with Gasteiger partial charge in [0.05, 0.1) is 14.2 Å². The molecule has 0 aromatic heterocycles. The lowest BCUT2D eigenvalue weighted by Crippen LogP contribution is -2.58. The van der Waals surface area contributed by atoms with Gasteiger partial charge in [0.2, 0.25) is 5.91 Å². The first-order chi connectivity index (χ1) is 13.3. The second-order valence-corrected chi connectivity index (χ2v) is 6.64. The van der Waals surface area contributed by atoms with Crippen LogP contribution in [0.4, 0.5) is 0 Å². The predicted molar refractivity (Wildman–Crippen MR) is 107 cm³/mol. The molecular formula is C21H30N2O5. The highest BCUT2D eigenvalue weighted by atomic mass is 16.5. The number of methoxy groups -OCH3 is 2. The molecule has 0 bridgehead atoms. The van der Waals surface area contributed by atoms with E-state index in [0.29, 0.717) is 12.8 Å². The molecule has 1 amide bonds. The van der Waals surface area contributed by atoms with Crippen LogP contribution in [0.15, 0.2) is 36.9 Å². The molecule has 1 saturated carbocycles. The summed E-state index contributed by atoms with van der Waals surface area (Å²) < 4.78 is 9.54. The molecule has 0 unspecified atom stereocenters. The fraction of sp³-hybridized carbons (Fsp3) is 0.476. The van der Waals surface area contributed by atoms with E-state index in [1.807, 2.05) is 31.3 Å². The van der Waals surface area contributed by atoms with Crippen molar-refractivity contribution in [3.05, 3.63) is 42.5 Å². The predicted octanol–water partition coefficient (Wildman–Crippen LogP) is 1.84. The van der Waals surface area contributed by atoms with Gasteiger partial charge < -0.3 is 14.4 Å². The van der Waals surface area contributed by atoms with Gasteiger partial charge in [-0.3, -0.25) is 19.3 Å². The Kier molecular flexibility index (Phi) is 9.38. The molecule has 0 radical (unpaired) electrons. The number of rotatable bonds is 4. The molecule has 1 aromatic carbocycles. The molecule has 7 heteroatoms. The zero-order valence-electron chi connectivity index (χ0n) is 17.1. The molecule has 1 saturated heterocycles. The van der Waals surface area contributed by atoms with Crippen LogP contribution in [0.1, 0.15) is 18.4 Å². The number of aryl methyl sites for hydroxylation is 1. The van der Waals surface area contributed by atoms with Gasteiger partial charge in [0.15, 0.2) is 0 Å². The number of ether oxygens (including phenoxy) is 2. The van der Waals surface area contributed by atoms with E-state index in [1.165, 1.54) is 18.7 Å². The molecular weight excluding hydrogens is 360 g/mol. The van der Waals surface area contributed by atoms with Crippen LogP contribution in [0.3, 0.4) is 0 Å². The van der Waals surface area contributed by atoms with Crippen LogP contribution in [-0.2, 0) is 19.1 Å². The smallest absolute Gasteiger partial charge is 0.325 e. The van der Waals surface area contributed by atoms with Gasteiger partial charge in [0.1, 0.15) is 24.1 Å². The molecule has 3 rings (SSSR count). The maximum absolute atomic E-state index is 12.0. The highest BCUT2D eigenvalue weighted by molar-refractivity contribution is 5.92. The summed E-state index contributed by atoms with van der Waals surface area (Å²) in [7, 11) is 4.99. The Labute approximate surface area is 166 Å². The van der Waals surface area contributed by atoms with Crippen molar-refractivity contribution in [2.24, 2.45) is 0 Å². The summed E-state index contributed by atoms with van der Waals surface area (Å²) in [6.45, 7) is 6.71. The Hall–Kier alpha value is -2.67. The molecule has 1 aliphatic carbocycles. The monoisotopic (exact) mass is 390 g/mol. The maximum Gasteiger partial charge on any atom is 0.325 e. The van der Waals surface area contributed by atoms with Crippen molar-refractivity contribution in [1.82, 2.24) is 9.80 Å². The van der Waals surface area contributed by atoms with Gasteiger partial charge in [0.25, 0.3) is 0 Å². The number of esters is 1. The summed E-state index contributed by atoms with van der Waals surface area (Å²) in [6, 6.07) is 7.96. The van der Waals surface area contributed by atoms with Gasteiger partial charge in [-0.05, 0) is 45.0 Å². The minimum absolute atomic E-state index is 0.0849. The van der Waals surface area contributed by atoms with Crippen molar-refractivity contribution >= 4 is 18.2 Å². The number of amides is 1. The normalized spacial score (nSPS) is 16.7. The molecule has 1 heterocycles. The second kappa shape index (κ2) is 11.2. The fourth-order valence-electron chi connectivity index (χ4n) is 2.80. The van der Waals surface area contributed by atoms with E-state index in [-0.39, 0.29) is 24.0 Å². The number of carbonyl (C=O) groups excluding carboxylic acids is 3. The number of aldehydes is 1. The van der Waals surface area contributed by atoms with Crippen molar-refractivity contribution in [3.63, 3.8) is 0 Å². The van der Waals surface area contributed by atoms with E-state index >= 15 is 0 Å².